The number of benzene rings is 2. The van der Waals surface area contributed by atoms with E-state index >= 15 is 0 Å². The lowest BCUT2D eigenvalue weighted by atomic mass is 9.86. The maximum atomic E-state index is 13.1. The van der Waals surface area contributed by atoms with Crippen LogP contribution in [0, 0.1) is 0 Å². The minimum absolute atomic E-state index is 0.0214. The van der Waals surface area contributed by atoms with Gasteiger partial charge in [0.05, 0.1) is 5.56 Å². The summed E-state index contributed by atoms with van der Waals surface area (Å²) >= 11 is 1.33. The summed E-state index contributed by atoms with van der Waals surface area (Å²) in [6.07, 6.45) is -4.51. The van der Waals surface area contributed by atoms with Gasteiger partial charge in [0.15, 0.2) is 0 Å². The summed E-state index contributed by atoms with van der Waals surface area (Å²) in [4.78, 5) is 26.1. The number of hydrogen-bond donors (Lipinski definition) is 1. The highest BCUT2D eigenvalue weighted by atomic mass is 32.2. The fraction of sp³-hybridized carbons (Fsp3) is 0.364. The Balaban J connectivity index is 1.93. The number of aliphatic carboxylic acids is 1. The lowest BCUT2D eigenvalue weighted by Gasteiger charge is -2.28. The minimum atomic E-state index is -4.51. The molecule has 160 valence electrons. The van der Waals surface area contributed by atoms with Gasteiger partial charge in [-0.15, -0.1) is 11.8 Å². The van der Waals surface area contributed by atoms with Crippen LogP contribution in [-0.2, 0) is 16.4 Å². The second kappa shape index (κ2) is 7.98. The summed E-state index contributed by atoms with van der Waals surface area (Å²) in [5.41, 5.74) is 0.981. The van der Waals surface area contributed by atoms with E-state index in [4.69, 9.17) is 0 Å². The largest absolute Gasteiger partial charge is 0.480 e. The van der Waals surface area contributed by atoms with Crippen molar-refractivity contribution in [2.45, 2.75) is 43.8 Å². The first-order valence-corrected chi connectivity index (χ1v) is 10.4. The van der Waals surface area contributed by atoms with Gasteiger partial charge in [-0.25, -0.2) is 4.79 Å². The summed E-state index contributed by atoms with van der Waals surface area (Å²) in [6, 6.07) is 10.4. The normalized spacial score (nSPS) is 19.7. The number of halogens is 3. The molecule has 1 heterocycles. The molecule has 1 N–H and O–H groups in total. The third-order valence-corrected chi connectivity index (χ3v) is 6.36. The van der Waals surface area contributed by atoms with Crippen LogP contribution in [0.4, 0.5) is 13.2 Å². The van der Waals surface area contributed by atoms with Crippen molar-refractivity contribution < 1.29 is 27.9 Å². The monoisotopic (exact) mass is 437 g/mol. The Morgan fingerprint density at radius 2 is 1.50 bits per heavy atom. The van der Waals surface area contributed by atoms with Crippen LogP contribution < -0.4 is 0 Å². The van der Waals surface area contributed by atoms with Crippen molar-refractivity contribution in [1.29, 1.82) is 0 Å². The van der Waals surface area contributed by atoms with Crippen LogP contribution in [0.25, 0.3) is 0 Å². The highest BCUT2D eigenvalue weighted by molar-refractivity contribution is 7.99. The zero-order chi connectivity index (χ0) is 22.3. The standard InChI is InChI=1S/C22H22F3NO3S/c1-21(2,3)15-8-6-14(7-9-15)19-26(17(12-30-19)20(28)29)18(27)13-4-10-16(11-5-13)22(23,24)25/h4-11,17,19H,12H2,1-3H3,(H,28,29). The van der Waals surface area contributed by atoms with Gasteiger partial charge in [-0.1, -0.05) is 45.0 Å². The van der Waals surface area contributed by atoms with Crippen LogP contribution in [0.15, 0.2) is 48.5 Å². The number of nitrogens with zero attached hydrogens (tertiary/aromatic N) is 1. The number of hydrogen-bond acceptors (Lipinski definition) is 3. The van der Waals surface area contributed by atoms with E-state index in [0.717, 1.165) is 35.4 Å². The number of amides is 1. The number of rotatable bonds is 3. The Bertz CT molecular complexity index is 934. The van der Waals surface area contributed by atoms with E-state index in [0.29, 0.717) is 0 Å². The van der Waals surface area contributed by atoms with E-state index in [2.05, 4.69) is 20.8 Å². The SMILES string of the molecule is CC(C)(C)c1ccc(C2SCC(C(=O)O)N2C(=O)c2ccc(C(F)(F)F)cc2)cc1. The average molecular weight is 437 g/mol. The van der Waals surface area contributed by atoms with Crippen LogP contribution in [-0.4, -0.2) is 33.7 Å². The lowest BCUT2D eigenvalue weighted by molar-refractivity contribution is -0.141. The van der Waals surface area contributed by atoms with Crippen molar-refractivity contribution in [2.75, 3.05) is 5.75 Å². The molecule has 30 heavy (non-hydrogen) atoms. The van der Waals surface area contributed by atoms with Gasteiger partial charge < -0.3 is 10.0 Å². The predicted molar refractivity (Wildman–Crippen MR) is 109 cm³/mol. The van der Waals surface area contributed by atoms with E-state index in [-0.39, 0.29) is 16.7 Å². The maximum Gasteiger partial charge on any atom is 0.416 e. The molecule has 0 radical (unpaired) electrons. The van der Waals surface area contributed by atoms with Gasteiger partial charge in [0.25, 0.3) is 5.91 Å². The molecule has 8 heteroatoms. The molecule has 1 fully saturated rings. The van der Waals surface area contributed by atoms with Crippen LogP contribution in [0.2, 0.25) is 0 Å². The van der Waals surface area contributed by atoms with Gasteiger partial charge >= 0.3 is 12.1 Å². The van der Waals surface area contributed by atoms with E-state index < -0.39 is 35.0 Å². The second-order valence-corrected chi connectivity index (χ2v) is 9.31. The second-order valence-electron chi connectivity index (χ2n) is 8.20. The number of alkyl halides is 3. The van der Waals surface area contributed by atoms with Gasteiger partial charge in [-0.05, 0) is 40.8 Å². The highest BCUT2D eigenvalue weighted by Crippen LogP contribution is 2.43. The molecule has 3 rings (SSSR count). The zero-order valence-electron chi connectivity index (χ0n) is 16.7. The molecule has 0 bridgehead atoms. The molecule has 0 saturated carbocycles. The highest BCUT2D eigenvalue weighted by Gasteiger charge is 2.43. The molecule has 1 aliphatic rings. The van der Waals surface area contributed by atoms with E-state index in [1.807, 2.05) is 24.3 Å². The fourth-order valence-electron chi connectivity index (χ4n) is 3.30. The molecular formula is C22H22F3NO3S. The Labute approximate surface area is 177 Å². The van der Waals surface area contributed by atoms with Gasteiger partial charge in [-0.2, -0.15) is 13.2 Å². The quantitative estimate of drug-likeness (QED) is 0.704. The Morgan fingerprint density at radius 1 is 0.967 bits per heavy atom. The summed E-state index contributed by atoms with van der Waals surface area (Å²) in [5.74, 6) is -1.55. The number of thioether (sulfide) groups is 1. The van der Waals surface area contributed by atoms with Crippen LogP contribution in [0.5, 0.6) is 0 Å². The van der Waals surface area contributed by atoms with Crippen molar-refractivity contribution in [3.05, 3.63) is 70.8 Å². The number of carbonyl (C=O) groups excluding carboxylic acids is 1. The summed E-state index contributed by atoms with van der Waals surface area (Å²) < 4.78 is 38.4. The third kappa shape index (κ3) is 4.48. The van der Waals surface area contributed by atoms with E-state index in [1.54, 1.807) is 0 Å². The topological polar surface area (TPSA) is 57.6 Å². The van der Waals surface area contributed by atoms with E-state index in [1.165, 1.54) is 16.7 Å². The minimum Gasteiger partial charge on any atom is -0.480 e. The summed E-state index contributed by atoms with van der Waals surface area (Å²) in [6.45, 7) is 6.23. The molecule has 2 unspecified atom stereocenters. The van der Waals surface area contributed by atoms with Crippen LogP contribution in [0.1, 0.15) is 53.2 Å². The third-order valence-electron chi connectivity index (χ3n) is 5.04. The molecule has 1 aliphatic heterocycles. The molecule has 4 nitrogen and oxygen atoms in total. The molecule has 2 atom stereocenters. The number of carbonyl (C=O) groups is 2. The molecule has 1 saturated heterocycles. The molecule has 0 spiro atoms. The van der Waals surface area contributed by atoms with Crippen molar-refractivity contribution in [2.24, 2.45) is 0 Å². The molecule has 2 aromatic rings. The Kier molecular flexibility index (Phi) is 5.91. The number of carboxylic acid groups (broad SMARTS) is 1. The van der Waals surface area contributed by atoms with Crippen molar-refractivity contribution in [3.8, 4) is 0 Å². The average Bonchev–Trinajstić information content (AvgIpc) is 3.11. The number of carboxylic acids is 1. The first-order chi connectivity index (χ1) is 13.9. The molecule has 1 amide bonds. The Hall–Kier alpha value is -2.48. The van der Waals surface area contributed by atoms with Crippen molar-refractivity contribution in [1.82, 2.24) is 4.90 Å². The lowest BCUT2D eigenvalue weighted by Crippen LogP contribution is -2.43. The van der Waals surface area contributed by atoms with E-state index in [9.17, 15) is 27.9 Å². The molecule has 0 aliphatic carbocycles. The molecule has 0 aromatic heterocycles. The molecule has 2 aromatic carbocycles. The Morgan fingerprint density at radius 3 is 1.97 bits per heavy atom. The van der Waals surface area contributed by atoms with Crippen LogP contribution in [0.3, 0.4) is 0 Å². The van der Waals surface area contributed by atoms with Gasteiger partial charge in [0.1, 0.15) is 11.4 Å². The maximum absolute atomic E-state index is 13.1. The van der Waals surface area contributed by atoms with Crippen molar-refractivity contribution >= 4 is 23.6 Å². The summed E-state index contributed by atoms with van der Waals surface area (Å²) in [7, 11) is 0. The van der Waals surface area contributed by atoms with Gasteiger partial charge in [0.2, 0.25) is 0 Å². The zero-order valence-corrected chi connectivity index (χ0v) is 17.6. The van der Waals surface area contributed by atoms with Gasteiger partial charge in [-0.3, -0.25) is 4.79 Å². The van der Waals surface area contributed by atoms with Crippen LogP contribution >= 0.6 is 11.8 Å². The van der Waals surface area contributed by atoms with Crippen molar-refractivity contribution in [3.63, 3.8) is 0 Å². The first kappa shape index (κ1) is 22.2. The summed E-state index contributed by atoms with van der Waals surface area (Å²) in [5, 5.41) is 9.06. The fourth-order valence-corrected chi connectivity index (χ4v) is 4.72. The smallest absolute Gasteiger partial charge is 0.416 e. The molecular weight excluding hydrogens is 415 g/mol. The first-order valence-electron chi connectivity index (χ1n) is 9.34. The predicted octanol–water partition coefficient (Wildman–Crippen LogP) is 5.34. The van der Waals surface area contributed by atoms with Gasteiger partial charge in [0, 0.05) is 11.3 Å².